The number of rotatable bonds is 2. The second-order valence-corrected chi connectivity index (χ2v) is 4.07. The molecule has 0 aliphatic rings. The first kappa shape index (κ1) is 14.9. The van der Waals surface area contributed by atoms with Crippen molar-refractivity contribution in [2.45, 2.75) is 38.5 Å². The van der Waals surface area contributed by atoms with Crippen LogP contribution in [0.5, 0.6) is 0 Å². The van der Waals surface area contributed by atoms with Gasteiger partial charge in [-0.2, -0.15) is 26.3 Å². The Bertz CT molecular complexity index is 383. The SMILES string of the molecule is CCC(C)c1c(C(F)(F)F)cccc1C(F)(F)F. The van der Waals surface area contributed by atoms with E-state index in [2.05, 4.69) is 0 Å². The van der Waals surface area contributed by atoms with E-state index in [1.54, 1.807) is 6.92 Å². The van der Waals surface area contributed by atoms with Crippen LogP contribution in [0.15, 0.2) is 18.2 Å². The minimum atomic E-state index is -4.78. The molecule has 0 nitrogen and oxygen atoms in total. The van der Waals surface area contributed by atoms with E-state index in [9.17, 15) is 26.3 Å². The van der Waals surface area contributed by atoms with Gasteiger partial charge in [-0.1, -0.05) is 19.9 Å². The van der Waals surface area contributed by atoms with Crippen LogP contribution in [0.3, 0.4) is 0 Å². The molecule has 0 heterocycles. The predicted molar refractivity (Wildman–Crippen MR) is 55.2 cm³/mol. The van der Waals surface area contributed by atoms with Gasteiger partial charge in [0.15, 0.2) is 0 Å². The first-order valence-corrected chi connectivity index (χ1v) is 5.36. The first-order chi connectivity index (χ1) is 8.09. The maximum atomic E-state index is 12.7. The third kappa shape index (κ3) is 2.97. The number of halogens is 6. The third-order valence-corrected chi connectivity index (χ3v) is 2.82. The second-order valence-electron chi connectivity index (χ2n) is 4.07. The molecule has 0 aliphatic carbocycles. The average molecular weight is 270 g/mol. The molecule has 102 valence electrons. The highest BCUT2D eigenvalue weighted by Crippen LogP contribution is 2.43. The van der Waals surface area contributed by atoms with Gasteiger partial charge in [0.2, 0.25) is 0 Å². The van der Waals surface area contributed by atoms with Gasteiger partial charge in [0.05, 0.1) is 11.1 Å². The Balaban J connectivity index is 3.56. The Hall–Kier alpha value is -1.20. The Kier molecular flexibility index (Phi) is 3.98. The molecular weight excluding hydrogens is 258 g/mol. The molecule has 6 heteroatoms. The minimum absolute atomic E-state index is 0.205. The van der Waals surface area contributed by atoms with Crippen LogP contribution in [0.1, 0.15) is 42.9 Å². The van der Waals surface area contributed by atoms with Crippen LogP contribution in [0.2, 0.25) is 0 Å². The standard InChI is InChI=1S/C12H12F6/c1-3-7(2)10-8(11(13,14)15)5-4-6-9(10)12(16,17)18/h4-7H,3H2,1-2H3. The highest BCUT2D eigenvalue weighted by atomic mass is 19.4. The van der Waals surface area contributed by atoms with Crippen LogP contribution in [0.4, 0.5) is 26.3 Å². The zero-order valence-electron chi connectivity index (χ0n) is 9.78. The van der Waals surface area contributed by atoms with E-state index >= 15 is 0 Å². The van der Waals surface area contributed by atoms with Crippen molar-refractivity contribution in [3.63, 3.8) is 0 Å². The van der Waals surface area contributed by atoms with Gasteiger partial charge in [0.1, 0.15) is 0 Å². The Morgan fingerprint density at radius 2 is 1.33 bits per heavy atom. The topological polar surface area (TPSA) is 0 Å². The summed E-state index contributed by atoms with van der Waals surface area (Å²) in [4.78, 5) is 0. The van der Waals surface area contributed by atoms with Gasteiger partial charge in [-0.25, -0.2) is 0 Å². The highest BCUT2D eigenvalue weighted by Gasteiger charge is 2.41. The van der Waals surface area contributed by atoms with Gasteiger partial charge < -0.3 is 0 Å². The van der Waals surface area contributed by atoms with Gasteiger partial charge in [0, 0.05) is 0 Å². The molecular formula is C12H12F6. The molecule has 0 bridgehead atoms. The fourth-order valence-corrected chi connectivity index (χ4v) is 1.79. The molecule has 1 unspecified atom stereocenters. The molecule has 1 aromatic carbocycles. The van der Waals surface area contributed by atoms with Crippen molar-refractivity contribution in [2.75, 3.05) is 0 Å². The molecule has 1 rings (SSSR count). The lowest BCUT2D eigenvalue weighted by Gasteiger charge is -2.22. The van der Waals surface area contributed by atoms with Crippen LogP contribution in [0.25, 0.3) is 0 Å². The lowest BCUT2D eigenvalue weighted by atomic mass is 9.88. The monoisotopic (exact) mass is 270 g/mol. The van der Waals surface area contributed by atoms with Crippen LogP contribution in [-0.2, 0) is 12.4 Å². The van der Waals surface area contributed by atoms with E-state index in [1.165, 1.54) is 6.92 Å². The molecule has 0 radical (unpaired) electrons. The summed E-state index contributed by atoms with van der Waals surface area (Å²) in [6, 6.07) is 2.17. The quantitative estimate of drug-likeness (QED) is 0.645. The Labute approximate surface area is 101 Å². The van der Waals surface area contributed by atoms with Crippen molar-refractivity contribution in [1.82, 2.24) is 0 Å². The van der Waals surface area contributed by atoms with E-state index in [-0.39, 0.29) is 6.42 Å². The molecule has 1 atom stereocenters. The summed E-state index contributed by atoms with van der Waals surface area (Å²) in [5.41, 5.74) is -3.07. The van der Waals surface area contributed by atoms with Crippen LogP contribution >= 0.6 is 0 Å². The normalized spacial score (nSPS) is 14.7. The Morgan fingerprint density at radius 3 is 1.61 bits per heavy atom. The van der Waals surface area contributed by atoms with Crippen molar-refractivity contribution < 1.29 is 26.3 Å². The van der Waals surface area contributed by atoms with Crippen LogP contribution in [-0.4, -0.2) is 0 Å². The summed E-state index contributed by atoms with van der Waals surface area (Å²) >= 11 is 0. The summed E-state index contributed by atoms with van der Waals surface area (Å²) in [7, 11) is 0. The summed E-state index contributed by atoms with van der Waals surface area (Å²) in [6.07, 6.45) is -9.35. The Morgan fingerprint density at radius 1 is 0.944 bits per heavy atom. The van der Waals surface area contributed by atoms with E-state index in [1.807, 2.05) is 0 Å². The fourth-order valence-electron chi connectivity index (χ4n) is 1.79. The molecule has 1 aromatic rings. The van der Waals surface area contributed by atoms with Crippen molar-refractivity contribution in [1.29, 1.82) is 0 Å². The van der Waals surface area contributed by atoms with Gasteiger partial charge >= 0.3 is 12.4 Å². The molecule has 0 amide bonds. The van der Waals surface area contributed by atoms with E-state index in [0.717, 1.165) is 6.07 Å². The van der Waals surface area contributed by atoms with Crippen molar-refractivity contribution >= 4 is 0 Å². The smallest absolute Gasteiger partial charge is 0.166 e. The third-order valence-electron chi connectivity index (χ3n) is 2.82. The number of benzene rings is 1. The first-order valence-electron chi connectivity index (χ1n) is 5.36. The van der Waals surface area contributed by atoms with Crippen molar-refractivity contribution in [3.8, 4) is 0 Å². The van der Waals surface area contributed by atoms with E-state index in [0.29, 0.717) is 12.1 Å². The highest BCUT2D eigenvalue weighted by molar-refractivity contribution is 5.41. The van der Waals surface area contributed by atoms with Crippen LogP contribution in [0, 0.1) is 0 Å². The van der Waals surface area contributed by atoms with Gasteiger partial charge in [0.25, 0.3) is 0 Å². The summed E-state index contributed by atoms with van der Waals surface area (Å²) < 4.78 is 76.5. The lowest BCUT2D eigenvalue weighted by Crippen LogP contribution is -2.17. The summed E-state index contributed by atoms with van der Waals surface area (Å²) in [5, 5.41) is 0. The molecule has 18 heavy (non-hydrogen) atoms. The lowest BCUT2D eigenvalue weighted by molar-refractivity contribution is -0.144. The average Bonchev–Trinajstić information content (AvgIpc) is 2.24. The zero-order valence-corrected chi connectivity index (χ0v) is 9.78. The molecule has 0 saturated carbocycles. The van der Waals surface area contributed by atoms with Crippen LogP contribution < -0.4 is 0 Å². The summed E-state index contributed by atoms with van der Waals surface area (Å²) in [5.74, 6) is -0.806. The predicted octanol–water partition coefficient (Wildman–Crippen LogP) is 5.24. The minimum Gasteiger partial charge on any atom is -0.166 e. The second kappa shape index (κ2) is 4.82. The van der Waals surface area contributed by atoms with Crippen molar-refractivity contribution in [3.05, 3.63) is 34.9 Å². The molecule has 0 N–H and O–H groups in total. The largest absolute Gasteiger partial charge is 0.416 e. The molecule has 0 spiro atoms. The van der Waals surface area contributed by atoms with E-state index < -0.39 is 35.0 Å². The molecule has 0 fully saturated rings. The molecule has 0 saturated heterocycles. The van der Waals surface area contributed by atoms with Gasteiger partial charge in [-0.05, 0) is 30.0 Å². The fraction of sp³-hybridized carbons (Fsp3) is 0.500. The number of hydrogen-bond acceptors (Lipinski definition) is 0. The maximum Gasteiger partial charge on any atom is 0.416 e. The van der Waals surface area contributed by atoms with Gasteiger partial charge in [-0.15, -0.1) is 0 Å². The maximum absolute atomic E-state index is 12.7. The van der Waals surface area contributed by atoms with Crippen molar-refractivity contribution in [2.24, 2.45) is 0 Å². The van der Waals surface area contributed by atoms with Gasteiger partial charge in [-0.3, -0.25) is 0 Å². The van der Waals surface area contributed by atoms with E-state index in [4.69, 9.17) is 0 Å². The molecule has 0 aliphatic heterocycles. The summed E-state index contributed by atoms with van der Waals surface area (Å²) in [6.45, 7) is 2.91. The number of alkyl halides is 6. The number of hydrogen-bond donors (Lipinski definition) is 0. The molecule has 0 aromatic heterocycles. The zero-order chi connectivity index (χ0) is 14.1.